The molecule has 0 heterocycles. The van der Waals surface area contributed by atoms with Crippen LogP contribution in [0.2, 0.25) is 13.1 Å². The summed E-state index contributed by atoms with van der Waals surface area (Å²) >= 11 is -0.826. The number of rotatable bonds is 6. The molecular formula is C52H52Cl2SiZr. The first-order valence-corrected chi connectivity index (χ1v) is 28.6. The molecular weight excluding hydrogens is 815 g/mol. The van der Waals surface area contributed by atoms with Crippen LogP contribution in [-0.4, -0.2) is 9.52 Å². The van der Waals surface area contributed by atoms with Crippen LogP contribution in [0.5, 0.6) is 0 Å². The van der Waals surface area contributed by atoms with E-state index in [-0.39, 0.29) is 0 Å². The maximum absolute atomic E-state index is 4.93. The zero-order chi connectivity index (χ0) is 39.3. The summed E-state index contributed by atoms with van der Waals surface area (Å²) in [5.74, 6) is 1.38. The second-order valence-electron chi connectivity index (χ2n) is 16.3. The van der Waals surface area contributed by atoms with Crippen LogP contribution >= 0.6 is 17.0 Å². The fraction of sp³-hybridized carbons (Fsp3) is 0.269. The van der Waals surface area contributed by atoms with Crippen molar-refractivity contribution in [3.8, 4) is 22.3 Å². The Balaban J connectivity index is 0.000000151. The molecule has 0 spiro atoms. The molecule has 0 N–H and O–H groups in total. The molecule has 0 saturated heterocycles. The van der Waals surface area contributed by atoms with Gasteiger partial charge in [-0.25, -0.2) is 0 Å². The Labute approximate surface area is 355 Å². The van der Waals surface area contributed by atoms with Crippen molar-refractivity contribution in [2.24, 2.45) is 11.8 Å². The summed E-state index contributed by atoms with van der Waals surface area (Å²) in [5, 5.41) is 11.4. The maximum atomic E-state index is 4.93. The molecule has 282 valence electrons. The predicted molar refractivity (Wildman–Crippen MR) is 246 cm³/mol. The molecule has 0 bridgehead atoms. The summed E-state index contributed by atoms with van der Waals surface area (Å²) in [5.41, 5.74) is 14.5. The fourth-order valence-corrected chi connectivity index (χ4v) is 9.21. The monoisotopic (exact) mass is 864 g/mol. The third-order valence-electron chi connectivity index (χ3n) is 11.2. The second kappa shape index (κ2) is 18.6. The molecule has 10 rings (SSSR count). The molecule has 56 heavy (non-hydrogen) atoms. The molecule has 0 atom stereocenters. The van der Waals surface area contributed by atoms with Crippen molar-refractivity contribution < 1.29 is 20.8 Å². The number of benzene rings is 6. The van der Waals surface area contributed by atoms with Crippen molar-refractivity contribution >= 4 is 69.6 Å². The van der Waals surface area contributed by atoms with Crippen molar-refractivity contribution in [1.82, 2.24) is 0 Å². The van der Waals surface area contributed by atoms with Crippen molar-refractivity contribution in [2.75, 3.05) is 0 Å². The van der Waals surface area contributed by atoms with Crippen LogP contribution in [-0.2, 0) is 59.4 Å². The molecule has 2 radical (unpaired) electrons. The molecule has 0 aromatic heterocycles. The summed E-state index contributed by atoms with van der Waals surface area (Å²) in [6.45, 7) is 13.5. The Morgan fingerprint density at radius 1 is 0.500 bits per heavy atom. The van der Waals surface area contributed by atoms with Gasteiger partial charge in [0.15, 0.2) is 0 Å². The molecule has 0 fully saturated rings. The summed E-state index contributed by atoms with van der Waals surface area (Å²) in [7, 11) is 11.0. The molecule has 0 amide bonds. The van der Waals surface area contributed by atoms with E-state index in [0.29, 0.717) is 11.8 Å². The van der Waals surface area contributed by atoms with Crippen LogP contribution in [0.4, 0.5) is 0 Å². The first kappa shape index (κ1) is 40.9. The number of hydrogen-bond donors (Lipinski definition) is 0. The molecule has 0 aliphatic heterocycles. The van der Waals surface area contributed by atoms with Gasteiger partial charge in [-0.15, -0.1) is 69.1 Å². The Bertz CT molecular complexity index is 2400. The van der Waals surface area contributed by atoms with Gasteiger partial charge in [-0.2, -0.15) is 12.1 Å². The Hall–Kier alpha value is -3.26. The number of fused-ring (bicyclic) bond motifs is 2. The molecule has 8 aromatic rings. The minimum absolute atomic E-state index is 0.692. The summed E-state index contributed by atoms with van der Waals surface area (Å²) in [4.78, 5) is 0. The number of hydrogen-bond acceptors (Lipinski definition) is 0. The van der Waals surface area contributed by atoms with Crippen LogP contribution in [0.3, 0.4) is 0 Å². The molecule has 0 unspecified atom stereocenters. The number of aryl methyl sites for hydroxylation is 4. The molecule has 0 saturated carbocycles. The summed E-state index contributed by atoms with van der Waals surface area (Å²) in [6, 6.07) is 46.1. The van der Waals surface area contributed by atoms with Crippen LogP contribution in [0.1, 0.15) is 61.1 Å². The van der Waals surface area contributed by atoms with Gasteiger partial charge in [0.2, 0.25) is 0 Å². The summed E-state index contributed by atoms with van der Waals surface area (Å²) < 4.78 is 0. The topological polar surface area (TPSA) is 0 Å². The van der Waals surface area contributed by atoms with Gasteiger partial charge < -0.3 is 0 Å². The van der Waals surface area contributed by atoms with E-state index in [1.54, 1.807) is 0 Å². The van der Waals surface area contributed by atoms with Gasteiger partial charge in [0.1, 0.15) is 0 Å². The van der Waals surface area contributed by atoms with E-state index in [4.69, 9.17) is 17.0 Å². The third kappa shape index (κ3) is 8.61. The molecule has 2 aliphatic rings. The van der Waals surface area contributed by atoms with E-state index < -0.39 is 20.8 Å². The quantitative estimate of drug-likeness (QED) is 0.115. The Morgan fingerprint density at radius 2 is 0.839 bits per heavy atom. The standard InChI is InChI=1S/2C25H23.C2H6Si.2ClH.Zr/c2*1-16(2)13-17-14-20-6-4-7-21(24(20)15-17)22-12-11-19-10-9-18-5-3-8-23(22)25(18)19;1-3-2;;;/h2*3-8,11-12,14-16H,9-10,13H2,1-2H3;1-2H3;2*1H;/q2*-1;;;;+4/p-2. The minimum atomic E-state index is -0.826. The van der Waals surface area contributed by atoms with Crippen molar-refractivity contribution in [1.29, 1.82) is 0 Å². The van der Waals surface area contributed by atoms with Gasteiger partial charge in [-0.05, 0) is 105 Å². The molecule has 4 heteroatoms. The van der Waals surface area contributed by atoms with Gasteiger partial charge in [-0.3, -0.25) is 0 Å². The molecule has 2 aliphatic carbocycles. The molecule has 8 aromatic carbocycles. The van der Waals surface area contributed by atoms with E-state index in [1.807, 2.05) is 0 Å². The van der Waals surface area contributed by atoms with E-state index in [2.05, 4.69) is 162 Å². The second-order valence-corrected chi connectivity index (χ2v) is 21.1. The van der Waals surface area contributed by atoms with Crippen molar-refractivity contribution in [2.45, 2.75) is 79.3 Å². The van der Waals surface area contributed by atoms with E-state index in [0.717, 1.165) is 22.4 Å². The zero-order valence-electron chi connectivity index (χ0n) is 33.7. The van der Waals surface area contributed by atoms with Gasteiger partial charge in [0.05, 0.1) is 0 Å². The van der Waals surface area contributed by atoms with E-state index >= 15 is 0 Å². The molecule has 0 nitrogen and oxygen atoms in total. The van der Waals surface area contributed by atoms with Crippen LogP contribution < -0.4 is 0 Å². The first-order chi connectivity index (χ1) is 27.2. The van der Waals surface area contributed by atoms with Crippen LogP contribution in [0.15, 0.2) is 121 Å². The van der Waals surface area contributed by atoms with E-state index in [1.165, 1.54) is 124 Å². The van der Waals surface area contributed by atoms with Gasteiger partial charge in [-0.1, -0.05) is 125 Å². The van der Waals surface area contributed by atoms with Crippen molar-refractivity contribution in [3.05, 3.63) is 155 Å². The average Bonchev–Trinajstić information content (AvgIpc) is 3.98. The Morgan fingerprint density at radius 3 is 1.21 bits per heavy atom. The Kier molecular flexibility index (Phi) is 13.6. The van der Waals surface area contributed by atoms with Gasteiger partial charge in [0, 0.05) is 9.52 Å². The van der Waals surface area contributed by atoms with Crippen LogP contribution in [0.25, 0.3) is 65.3 Å². The normalized spacial score (nSPS) is 12.5. The zero-order valence-corrected chi connectivity index (χ0v) is 38.7. The van der Waals surface area contributed by atoms with Gasteiger partial charge >= 0.3 is 37.9 Å². The van der Waals surface area contributed by atoms with Crippen molar-refractivity contribution in [3.63, 3.8) is 0 Å². The van der Waals surface area contributed by atoms with Gasteiger partial charge in [0.25, 0.3) is 0 Å². The fourth-order valence-electron chi connectivity index (χ4n) is 9.21. The third-order valence-corrected chi connectivity index (χ3v) is 11.2. The number of halogens is 2. The average molecular weight is 867 g/mol. The summed E-state index contributed by atoms with van der Waals surface area (Å²) in [6.07, 6.45) is 7.06. The predicted octanol–water partition coefficient (Wildman–Crippen LogP) is 15.5. The first-order valence-electron chi connectivity index (χ1n) is 20.2. The SMILES string of the molecule is CC(C)Cc1cc2c(-c3ccc4c5c(cccc35)CC4)cccc2[cH-]1.CC(C)Cc1cc2c(-c3ccc4c5c(cccc35)CC4)cccc2[cH-]1.C[Si]C.[Cl][Zr+2][Cl]. The van der Waals surface area contributed by atoms with Crippen LogP contribution in [0, 0.1) is 11.8 Å². The van der Waals surface area contributed by atoms with E-state index in [9.17, 15) is 0 Å².